The van der Waals surface area contributed by atoms with Crippen LogP contribution in [0.3, 0.4) is 0 Å². The summed E-state index contributed by atoms with van der Waals surface area (Å²) < 4.78 is 47.1. The number of sulfonamides is 1. The molecule has 0 fully saturated rings. The standard InChI is InChI=1S/C17H15FN2O3S/c1-2-23-13-6-3-5-12(11-13)20-24(21,22)16-9-8-15(18)17-14(16)7-4-10-19-17/h3-11,20H,2H2,1H3. The predicted octanol–water partition coefficient (Wildman–Crippen LogP) is 3.57. The van der Waals surface area contributed by atoms with E-state index >= 15 is 0 Å². The number of nitrogens with one attached hydrogen (secondary N) is 1. The fraction of sp³-hybridized carbons (Fsp3) is 0.118. The van der Waals surface area contributed by atoms with Gasteiger partial charge < -0.3 is 4.74 Å². The topological polar surface area (TPSA) is 68.3 Å². The van der Waals surface area contributed by atoms with Crippen LogP contribution in [-0.4, -0.2) is 20.0 Å². The van der Waals surface area contributed by atoms with Crippen LogP contribution in [-0.2, 0) is 10.0 Å². The highest BCUT2D eigenvalue weighted by Gasteiger charge is 2.19. The van der Waals surface area contributed by atoms with Crippen LogP contribution in [0, 0.1) is 5.82 Å². The number of halogens is 1. The molecule has 3 rings (SSSR count). The molecule has 0 atom stereocenters. The average molecular weight is 346 g/mol. The SMILES string of the molecule is CCOc1cccc(NS(=O)(=O)c2ccc(F)c3ncccc23)c1. The predicted molar refractivity (Wildman–Crippen MR) is 90.1 cm³/mol. The zero-order chi connectivity index (χ0) is 17.2. The highest BCUT2D eigenvalue weighted by Crippen LogP contribution is 2.26. The van der Waals surface area contributed by atoms with Gasteiger partial charge in [0, 0.05) is 17.6 Å². The first-order chi connectivity index (χ1) is 11.5. The Hall–Kier alpha value is -2.67. The van der Waals surface area contributed by atoms with E-state index in [0.29, 0.717) is 18.0 Å². The first-order valence-corrected chi connectivity index (χ1v) is 8.78. The van der Waals surface area contributed by atoms with Crippen molar-refractivity contribution in [2.75, 3.05) is 11.3 Å². The van der Waals surface area contributed by atoms with E-state index in [0.717, 1.165) is 6.07 Å². The molecule has 3 aromatic rings. The molecule has 0 bridgehead atoms. The van der Waals surface area contributed by atoms with E-state index in [9.17, 15) is 12.8 Å². The van der Waals surface area contributed by atoms with Gasteiger partial charge >= 0.3 is 0 Å². The van der Waals surface area contributed by atoms with Crippen molar-refractivity contribution in [2.45, 2.75) is 11.8 Å². The van der Waals surface area contributed by atoms with Gasteiger partial charge in [0.2, 0.25) is 0 Å². The van der Waals surface area contributed by atoms with Crippen molar-refractivity contribution >= 4 is 26.6 Å². The summed E-state index contributed by atoms with van der Waals surface area (Å²) in [6.45, 7) is 2.32. The molecule has 0 aliphatic heterocycles. The number of hydrogen-bond donors (Lipinski definition) is 1. The lowest BCUT2D eigenvalue weighted by atomic mass is 10.2. The van der Waals surface area contributed by atoms with Crippen molar-refractivity contribution in [1.29, 1.82) is 0 Å². The minimum absolute atomic E-state index is 0.0171. The van der Waals surface area contributed by atoms with Crippen molar-refractivity contribution in [1.82, 2.24) is 4.98 Å². The number of anilines is 1. The molecule has 0 unspecified atom stereocenters. The maximum absolute atomic E-state index is 13.8. The zero-order valence-electron chi connectivity index (χ0n) is 12.9. The number of ether oxygens (including phenoxy) is 1. The Labute approximate surface area is 139 Å². The van der Waals surface area contributed by atoms with E-state index in [4.69, 9.17) is 4.74 Å². The van der Waals surface area contributed by atoms with Crippen LogP contribution in [0.2, 0.25) is 0 Å². The van der Waals surface area contributed by atoms with E-state index in [1.54, 1.807) is 30.3 Å². The average Bonchev–Trinajstić information content (AvgIpc) is 2.55. The second-order valence-corrected chi connectivity index (χ2v) is 6.66. The monoisotopic (exact) mass is 346 g/mol. The summed E-state index contributed by atoms with van der Waals surface area (Å²) in [4.78, 5) is 3.88. The van der Waals surface area contributed by atoms with Crippen LogP contribution in [0.1, 0.15) is 6.92 Å². The fourth-order valence-electron chi connectivity index (χ4n) is 2.37. The number of rotatable bonds is 5. The van der Waals surface area contributed by atoms with E-state index < -0.39 is 15.8 Å². The van der Waals surface area contributed by atoms with Crippen molar-refractivity contribution in [3.63, 3.8) is 0 Å². The Kier molecular flexibility index (Phi) is 4.35. The Morgan fingerprint density at radius 2 is 2.00 bits per heavy atom. The molecule has 0 saturated carbocycles. The first kappa shape index (κ1) is 16.2. The van der Waals surface area contributed by atoms with Crippen LogP contribution >= 0.6 is 0 Å². The van der Waals surface area contributed by atoms with Crippen molar-refractivity contribution < 1.29 is 17.5 Å². The molecule has 124 valence electrons. The third kappa shape index (κ3) is 3.16. The van der Waals surface area contributed by atoms with Gasteiger partial charge in [0.1, 0.15) is 17.1 Å². The van der Waals surface area contributed by atoms with Gasteiger partial charge in [0.25, 0.3) is 10.0 Å². The second kappa shape index (κ2) is 6.45. The molecule has 2 aromatic carbocycles. The number of aromatic nitrogens is 1. The van der Waals surface area contributed by atoms with Gasteiger partial charge in [-0.25, -0.2) is 12.8 Å². The van der Waals surface area contributed by atoms with Crippen LogP contribution in [0.5, 0.6) is 5.75 Å². The fourth-order valence-corrected chi connectivity index (χ4v) is 3.62. The minimum atomic E-state index is -3.90. The second-order valence-electron chi connectivity index (χ2n) is 5.01. The molecule has 0 amide bonds. The Morgan fingerprint density at radius 3 is 2.79 bits per heavy atom. The lowest BCUT2D eigenvalue weighted by Gasteiger charge is -2.11. The Balaban J connectivity index is 2.03. The molecule has 1 aromatic heterocycles. The summed E-state index contributed by atoms with van der Waals surface area (Å²) in [5, 5.41) is 0.228. The summed E-state index contributed by atoms with van der Waals surface area (Å²) >= 11 is 0. The molecule has 5 nitrogen and oxygen atoms in total. The summed E-state index contributed by atoms with van der Waals surface area (Å²) in [5.74, 6) is -0.00813. The quantitative estimate of drug-likeness (QED) is 0.767. The molecule has 0 spiro atoms. The van der Waals surface area contributed by atoms with Gasteiger partial charge in [-0.3, -0.25) is 9.71 Å². The third-order valence-corrected chi connectivity index (χ3v) is 4.81. The lowest BCUT2D eigenvalue weighted by Crippen LogP contribution is -2.13. The highest BCUT2D eigenvalue weighted by molar-refractivity contribution is 7.93. The Morgan fingerprint density at radius 1 is 1.17 bits per heavy atom. The van der Waals surface area contributed by atoms with Gasteiger partial charge in [-0.2, -0.15) is 0 Å². The molecule has 0 saturated heterocycles. The van der Waals surface area contributed by atoms with Crippen LogP contribution in [0.25, 0.3) is 10.9 Å². The van der Waals surface area contributed by atoms with E-state index in [-0.39, 0.29) is 15.8 Å². The Bertz CT molecular complexity index is 990. The normalized spacial score (nSPS) is 11.4. The number of fused-ring (bicyclic) bond motifs is 1. The van der Waals surface area contributed by atoms with Crippen LogP contribution in [0.4, 0.5) is 10.1 Å². The summed E-state index contributed by atoms with van der Waals surface area (Å²) in [6, 6.07) is 12.0. The summed E-state index contributed by atoms with van der Waals surface area (Å²) in [7, 11) is -3.90. The van der Waals surface area contributed by atoms with Gasteiger partial charge in [-0.15, -0.1) is 0 Å². The third-order valence-electron chi connectivity index (χ3n) is 3.37. The van der Waals surface area contributed by atoms with Crippen molar-refractivity contribution in [3.05, 3.63) is 60.5 Å². The molecule has 24 heavy (non-hydrogen) atoms. The van der Waals surface area contributed by atoms with E-state index in [1.807, 2.05) is 6.92 Å². The van der Waals surface area contributed by atoms with Gasteiger partial charge in [-0.05, 0) is 43.3 Å². The molecular weight excluding hydrogens is 331 g/mol. The van der Waals surface area contributed by atoms with Gasteiger partial charge in [0.05, 0.1) is 17.2 Å². The van der Waals surface area contributed by atoms with Crippen molar-refractivity contribution in [2.24, 2.45) is 0 Å². The van der Waals surface area contributed by atoms with Crippen molar-refractivity contribution in [3.8, 4) is 5.75 Å². The zero-order valence-corrected chi connectivity index (χ0v) is 13.7. The van der Waals surface area contributed by atoms with E-state index in [2.05, 4.69) is 9.71 Å². The molecular formula is C17H15FN2O3S. The number of pyridine rings is 1. The lowest BCUT2D eigenvalue weighted by molar-refractivity contribution is 0.340. The summed E-state index contributed by atoms with van der Waals surface area (Å²) in [5.41, 5.74) is 0.380. The van der Waals surface area contributed by atoms with Gasteiger partial charge in [-0.1, -0.05) is 6.07 Å². The number of hydrogen-bond acceptors (Lipinski definition) is 4. The molecule has 0 radical (unpaired) electrons. The first-order valence-electron chi connectivity index (χ1n) is 7.30. The molecule has 0 aliphatic carbocycles. The van der Waals surface area contributed by atoms with Crippen LogP contribution in [0.15, 0.2) is 59.6 Å². The molecule has 0 aliphatic rings. The molecule has 1 N–H and O–H groups in total. The maximum atomic E-state index is 13.8. The summed E-state index contributed by atoms with van der Waals surface area (Å²) in [6.07, 6.45) is 1.42. The molecule has 7 heteroatoms. The largest absolute Gasteiger partial charge is 0.494 e. The molecule has 1 heterocycles. The van der Waals surface area contributed by atoms with Gasteiger partial charge in [0.15, 0.2) is 0 Å². The van der Waals surface area contributed by atoms with Crippen LogP contribution < -0.4 is 9.46 Å². The minimum Gasteiger partial charge on any atom is -0.494 e. The number of nitrogens with zero attached hydrogens (tertiary/aromatic N) is 1. The smallest absolute Gasteiger partial charge is 0.262 e. The maximum Gasteiger partial charge on any atom is 0.262 e. The highest BCUT2D eigenvalue weighted by atomic mass is 32.2. The van der Waals surface area contributed by atoms with E-state index in [1.165, 1.54) is 18.3 Å². The number of benzene rings is 2.